The first kappa shape index (κ1) is 32.2. The SMILES string of the molecule is C=Cc1c(C)/c2[nH]/c1=C\c1[nH]c(c(CC)c1C)/C=c1\[nH]c3c(\c1=C/O)=C(O)[C@H](C(=O)OCO)C=3C1NC(\C=2)[C@@H](C)[C@@H]1CCC(=O)OC. The average molecular weight is 643 g/mol. The molecule has 0 saturated carbocycles. The van der Waals surface area contributed by atoms with E-state index in [1.54, 1.807) is 0 Å². The second-order valence-corrected chi connectivity index (χ2v) is 12.6. The summed E-state index contributed by atoms with van der Waals surface area (Å²) in [5.41, 5.74) is 6.47. The normalized spacial score (nSPS) is 25.4. The van der Waals surface area contributed by atoms with Gasteiger partial charge in [0.15, 0.2) is 6.79 Å². The molecule has 3 aromatic heterocycles. The molecule has 3 aromatic rings. The Kier molecular flexibility index (Phi) is 8.54. The fourth-order valence-corrected chi connectivity index (χ4v) is 7.88. The van der Waals surface area contributed by atoms with Crippen LogP contribution in [0.25, 0.3) is 41.9 Å². The second kappa shape index (κ2) is 12.5. The van der Waals surface area contributed by atoms with Crippen molar-refractivity contribution in [3.63, 3.8) is 0 Å². The fourth-order valence-electron chi connectivity index (χ4n) is 7.88. The van der Waals surface area contributed by atoms with Gasteiger partial charge in [0.05, 0.1) is 24.1 Å². The summed E-state index contributed by atoms with van der Waals surface area (Å²) in [4.78, 5) is 36.4. The van der Waals surface area contributed by atoms with Crippen molar-refractivity contribution >= 4 is 53.8 Å². The summed E-state index contributed by atoms with van der Waals surface area (Å²) in [7, 11) is 1.35. The molecule has 2 unspecified atom stereocenters. The molecule has 6 rings (SSSR count). The second-order valence-electron chi connectivity index (χ2n) is 12.6. The molecule has 8 bridgehead atoms. The number of carbonyl (C=O) groups excluding carboxylic acids is 2. The summed E-state index contributed by atoms with van der Waals surface area (Å²) >= 11 is 0. The maximum Gasteiger partial charge on any atom is 0.323 e. The van der Waals surface area contributed by atoms with Crippen LogP contribution in [0.3, 0.4) is 0 Å². The molecule has 7 N–H and O–H groups in total. The van der Waals surface area contributed by atoms with Gasteiger partial charge in [-0.15, -0.1) is 0 Å². The smallest absolute Gasteiger partial charge is 0.323 e. The van der Waals surface area contributed by atoms with Gasteiger partial charge in [0.25, 0.3) is 0 Å². The standard InChI is InChI=1S/C36H42N4O7/c1-7-19-16(3)23-11-25-18(5)21(9-10-29(43)46-6)33(39-25)31-32(36(45)47-15-42)35(44)30-22(14-41)28(40-34(30)31)13-27-20(8-2)17(4)24(38-27)12-26(19)37-23/h7,11-14,18,21,25,32-33,37-42,44H,1,8-10,15H2,2-6H3/b22-14-,23-11-,26-12-,28-13-/t18-,21-,25?,32+,33?/m0/s1. The Labute approximate surface area is 271 Å². The Morgan fingerprint density at radius 3 is 2.47 bits per heavy atom. The zero-order valence-corrected chi connectivity index (χ0v) is 27.3. The predicted molar refractivity (Wildman–Crippen MR) is 178 cm³/mol. The van der Waals surface area contributed by atoms with Crippen molar-refractivity contribution in [1.82, 2.24) is 20.3 Å². The van der Waals surface area contributed by atoms with Gasteiger partial charge in [0.2, 0.25) is 0 Å². The van der Waals surface area contributed by atoms with Crippen LogP contribution in [0.15, 0.2) is 6.58 Å². The van der Waals surface area contributed by atoms with Crippen molar-refractivity contribution in [3.05, 3.63) is 72.1 Å². The summed E-state index contributed by atoms with van der Waals surface area (Å²) in [5.74, 6) is -2.91. The summed E-state index contributed by atoms with van der Waals surface area (Å²) in [6.07, 6.45) is 10.2. The summed E-state index contributed by atoms with van der Waals surface area (Å²) in [5, 5.41) is 39.0. The van der Waals surface area contributed by atoms with E-state index in [-0.39, 0.29) is 36.0 Å². The highest BCUT2D eigenvalue weighted by atomic mass is 16.6. The number of H-pyrrole nitrogens is 3. The maximum atomic E-state index is 13.4. The minimum atomic E-state index is -1.24. The van der Waals surface area contributed by atoms with E-state index < -0.39 is 24.7 Å². The van der Waals surface area contributed by atoms with Gasteiger partial charge in [0, 0.05) is 56.6 Å². The van der Waals surface area contributed by atoms with Gasteiger partial charge in [-0.2, -0.15) is 0 Å². The maximum absolute atomic E-state index is 13.4. The van der Waals surface area contributed by atoms with E-state index >= 15 is 0 Å². The zero-order valence-electron chi connectivity index (χ0n) is 27.3. The lowest BCUT2D eigenvalue weighted by Crippen LogP contribution is -2.40. The van der Waals surface area contributed by atoms with Crippen LogP contribution in [0.4, 0.5) is 0 Å². The van der Waals surface area contributed by atoms with Gasteiger partial charge < -0.3 is 45.1 Å². The highest BCUT2D eigenvalue weighted by molar-refractivity contribution is 5.95. The van der Waals surface area contributed by atoms with E-state index in [9.17, 15) is 24.9 Å². The van der Waals surface area contributed by atoms with E-state index in [1.165, 1.54) is 7.11 Å². The van der Waals surface area contributed by atoms with Gasteiger partial charge in [-0.1, -0.05) is 26.5 Å². The highest BCUT2D eigenvalue weighted by Crippen LogP contribution is 2.40. The van der Waals surface area contributed by atoms with Crippen LogP contribution in [0.1, 0.15) is 60.3 Å². The molecular weight excluding hydrogens is 600 g/mol. The monoisotopic (exact) mass is 642 g/mol. The molecule has 1 saturated heterocycles. The minimum absolute atomic E-state index is 0.0272. The number of ether oxygens (including phenoxy) is 2. The Morgan fingerprint density at radius 2 is 1.81 bits per heavy atom. The first-order valence-electron chi connectivity index (χ1n) is 16.0. The Hall–Kier alpha value is -4.74. The number of hydrogen-bond acceptors (Lipinski definition) is 8. The number of esters is 2. The average Bonchev–Trinajstić information content (AvgIpc) is 3.80. The third-order valence-corrected chi connectivity index (χ3v) is 10.4. The van der Waals surface area contributed by atoms with Crippen LogP contribution in [-0.4, -0.2) is 68.2 Å². The van der Waals surface area contributed by atoms with Crippen LogP contribution in [0.5, 0.6) is 0 Å². The number of carbonyl (C=O) groups is 2. The molecule has 11 heteroatoms. The van der Waals surface area contributed by atoms with Crippen LogP contribution in [-0.2, 0) is 25.5 Å². The van der Waals surface area contributed by atoms with E-state index in [0.717, 1.165) is 57.0 Å². The molecule has 0 aromatic carbocycles. The summed E-state index contributed by atoms with van der Waals surface area (Å²) in [6.45, 7) is 11.5. The third kappa shape index (κ3) is 5.14. The lowest BCUT2D eigenvalue weighted by molar-refractivity contribution is -0.153. The van der Waals surface area contributed by atoms with Crippen molar-refractivity contribution in [2.75, 3.05) is 13.9 Å². The molecular formula is C36H42N4O7. The van der Waals surface area contributed by atoms with Crippen molar-refractivity contribution in [2.24, 2.45) is 17.8 Å². The summed E-state index contributed by atoms with van der Waals surface area (Å²) < 4.78 is 10.0. The largest absolute Gasteiger partial charge is 0.515 e. The van der Waals surface area contributed by atoms with Crippen molar-refractivity contribution in [3.8, 4) is 0 Å². The topological polar surface area (TPSA) is 173 Å². The molecule has 47 heavy (non-hydrogen) atoms. The van der Waals surface area contributed by atoms with Crippen molar-refractivity contribution in [1.29, 1.82) is 0 Å². The number of fused-ring (bicyclic) bond motifs is 8. The number of aliphatic hydroxyl groups is 3. The molecule has 3 aliphatic rings. The molecule has 0 amide bonds. The van der Waals surface area contributed by atoms with Gasteiger partial charge in [-0.25, -0.2) is 0 Å². The minimum Gasteiger partial charge on any atom is -0.515 e. The molecule has 5 atom stereocenters. The van der Waals surface area contributed by atoms with Crippen LogP contribution >= 0.6 is 0 Å². The number of methoxy groups -OCH3 is 1. The lowest BCUT2D eigenvalue weighted by Gasteiger charge is -2.26. The van der Waals surface area contributed by atoms with Gasteiger partial charge in [-0.05, 0) is 79.0 Å². The Morgan fingerprint density at radius 1 is 1.06 bits per heavy atom. The van der Waals surface area contributed by atoms with E-state index in [0.29, 0.717) is 33.1 Å². The highest BCUT2D eigenvalue weighted by Gasteiger charge is 2.47. The molecule has 1 aliphatic carbocycles. The molecule has 0 radical (unpaired) electrons. The number of hydrogen-bond donors (Lipinski definition) is 7. The van der Waals surface area contributed by atoms with Gasteiger partial charge in [0.1, 0.15) is 11.7 Å². The molecule has 2 aliphatic heterocycles. The van der Waals surface area contributed by atoms with Crippen LogP contribution in [0.2, 0.25) is 0 Å². The third-order valence-electron chi connectivity index (χ3n) is 10.4. The number of rotatable bonds is 7. The van der Waals surface area contributed by atoms with Crippen molar-refractivity contribution in [2.45, 2.75) is 59.0 Å². The first-order chi connectivity index (χ1) is 22.6. The number of aliphatic hydroxyl groups excluding tert-OH is 3. The van der Waals surface area contributed by atoms with Gasteiger partial charge >= 0.3 is 11.9 Å². The fraction of sp³-hybridized carbons (Fsp3) is 0.389. The van der Waals surface area contributed by atoms with Gasteiger partial charge in [-0.3, -0.25) is 9.59 Å². The lowest BCUT2D eigenvalue weighted by atomic mass is 9.79. The van der Waals surface area contributed by atoms with E-state index in [1.807, 2.05) is 19.1 Å². The van der Waals surface area contributed by atoms with Crippen LogP contribution < -0.4 is 37.2 Å². The molecule has 1 fully saturated rings. The quantitative estimate of drug-likeness (QED) is 0.136. The van der Waals surface area contributed by atoms with Crippen molar-refractivity contribution < 1.29 is 34.4 Å². The number of nitrogens with one attached hydrogen (secondary N) is 4. The van der Waals surface area contributed by atoms with Crippen LogP contribution in [0, 0.1) is 31.6 Å². The molecule has 248 valence electrons. The summed E-state index contributed by atoms with van der Waals surface area (Å²) in [6, 6.07) is -0.714. The molecule has 0 spiro atoms. The van der Waals surface area contributed by atoms with E-state index in [4.69, 9.17) is 9.47 Å². The Bertz CT molecular complexity index is 2170. The number of aromatic amines is 3. The number of aromatic nitrogens is 3. The van der Waals surface area contributed by atoms with E-state index in [2.05, 4.69) is 59.8 Å². The molecule has 11 nitrogen and oxygen atoms in total. The zero-order chi connectivity index (χ0) is 33.7. The predicted octanol–water partition coefficient (Wildman–Crippen LogP) is -0.274. The molecule has 5 heterocycles. The Balaban J connectivity index is 1.74. The first-order valence-corrected chi connectivity index (χ1v) is 16.0.